The van der Waals surface area contributed by atoms with E-state index in [-0.39, 0.29) is 30.2 Å². The van der Waals surface area contributed by atoms with Gasteiger partial charge in [0.15, 0.2) is 0 Å². The normalized spacial score (nSPS) is 12.1. The molecule has 156 valence electrons. The van der Waals surface area contributed by atoms with Crippen LogP contribution in [-0.4, -0.2) is 36.0 Å². The molecule has 0 saturated heterocycles. The van der Waals surface area contributed by atoms with Crippen LogP contribution in [0.1, 0.15) is 65.4 Å². The maximum Gasteiger partial charge on any atom is 0.307 e. The zero-order valence-corrected chi connectivity index (χ0v) is 17.5. The molecule has 1 aromatic carbocycles. The molecule has 0 heterocycles. The summed E-state index contributed by atoms with van der Waals surface area (Å²) in [5.41, 5.74) is 0.694. The number of unbranched alkanes of at least 4 members (excludes halogenated alkanes) is 1. The first kappa shape index (κ1) is 23.7. The smallest absolute Gasteiger partial charge is 0.307 e. The summed E-state index contributed by atoms with van der Waals surface area (Å²) in [5, 5.41) is 5.69. The second-order valence-corrected chi connectivity index (χ2v) is 8.03. The number of carbonyl (C=O) groups excluding carboxylic acids is 3. The molecule has 2 amide bonds. The lowest BCUT2D eigenvalue weighted by Crippen LogP contribution is -2.45. The standard InChI is InChI=1S/C22H34N2O4/c1-5-6-14-28-21(27)16-18(15-20(26)24-22(2,3)4)23-19(25)13-12-17-10-8-7-9-11-17/h7-11,18H,5-6,12-16H2,1-4H3,(H,23,25)(H,24,26)/t18-/m1/s1. The molecule has 0 aliphatic heterocycles. The number of nitrogens with one attached hydrogen (secondary N) is 2. The van der Waals surface area contributed by atoms with Crippen molar-refractivity contribution in [1.82, 2.24) is 10.6 Å². The van der Waals surface area contributed by atoms with E-state index in [2.05, 4.69) is 10.6 Å². The van der Waals surface area contributed by atoms with Gasteiger partial charge in [0.05, 0.1) is 13.0 Å². The quantitative estimate of drug-likeness (QED) is 0.449. The third-order valence-corrected chi connectivity index (χ3v) is 3.97. The highest BCUT2D eigenvalue weighted by Gasteiger charge is 2.23. The molecule has 0 bridgehead atoms. The third-order valence-electron chi connectivity index (χ3n) is 3.97. The number of hydrogen-bond donors (Lipinski definition) is 2. The van der Waals surface area contributed by atoms with Gasteiger partial charge in [-0.3, -0.25) is 14.4 Å². The van der Waals surface area contributed by atoms with Crippen LogP contribution >= 0.6 is 0 Å². The van der Waals surface area contributed by atoms with Gasteiger partial charge in [-0.05, 0) is 39.2 Å². The Morgan fingerprint density at radius 1 is 1.04 bits per heavy atom. The molecular formula is C22H34N2O4. The van der Waals surface area contributed by atoms with Crippen molar-refractivity contribution in [3.8, 4) is 0 Å². The van der Waals surface area contributed by atoms with E-state index in [1.165, 1.54) is 0 Å². The lowest BCUT2D eigenvalue weighted by molar-refractivity contribution is -0.144. The van der Waals surface area contributed by atoms with Crippen LogP contribution in [0.15, 0.2) is 30.3 Å². The summed E-state index contributed by atoms with van der Waals surface area (Å²) in [6.07, 6.45) is 2.65. The molecule has 0 fully saturated rings. The van der Waals surface area contributed by atoms with Gasteiger partial charge in [-0.15, -0.1) is 0 Å². The highest BCUT2D eigenvalue weighted by molar-refractivity contribution is 5.82. The molecule has 0 saturated carbocycles. The van der Waals surface area contributed by atoms with E-state index in [0.29, 0.717) is 19.4 Å². The largest absolute Gasteiger partial charge is 0.466 e. The predicted molar refractivity (Wildman–Crippen MR) is 110 cm³/mol. The van der Waals surface area contributed by atoms with Crippen LogP contribution in [0.2, 0.25) is 0 Å². The molecule has 0 spiro atoms. The second-order valence-electron chi connectivity index (χ2n) is 8.03. The number of benzene rings is 1. The van der Waals surface area contributed by atoms with Crippen molar-refractivity contribution in [3.63, 3.8) is 0 Å². The van der Waals surface area contributed by atoms with Crippen molar-refractivity contribution < 1.29 is 19.1 Å². The van der Waals surface area contributed by atoms with Crippen LogP contribution in [0.25, 0.3) is 0 Å². The summed E-state index contributed by atoms with van der Waals surface area (Å²) in [6, 6.07) is 9.13. The Morgan fingerprint density at radius 3 is 2.32 bits per heavy atom. The minimum absolute atomic E-state index is 0.0155. The van der Waals surface area contributed by atoms with Gasteiger partial charge in [0.25, 0.3) is 0 Å². The van der Waals surface area contributed by atoms with Gasteiger partial charge in [0, 0.05) is 24.4 Å². The molecule has 0 radical (unpaired) electrons. The van der Waals surface area contributed by atoms with Gasteiger partial charge in [-0.25, -0.2) is 0 Å². The minimum Gasteiger partial charge on any atom is -0.466 e. The van der Waals surface area contributed by atoms with E-state index in [1.54, 1.807) is 0 Å². The molecule has 0 aliphatic carbocycles. The Kier molecular flexibility index (Phi) is 10.3. The summed E-state index contributed by atoms with van der Waals surface area (Å²) in [7, 11) is 0. The molecule has 1 rings (SSSR count). The maximum absolute atomic E-state index is 12.3. The van der Waals surface area contributed by atoms with Gasteiger partial charge in [0.2, 0.25) is 11.8 Å². The fraction of sp³-hybridized carbons (Fsp3) is 0.591. The second kappa shape index (κ2) is 12.2. The Morgan fingerprint density at radius 2 is 1.71 bits per heavy atom. The van der Waals surface area contributed by atoms with Crippen LogP contribution in [0.5, 0.6) is 0 Å². The Bertz CT molecular complexity index is 623. The van der Waals surface area contributed by atoms with Gasteiger partial charge < -0.3 is 15.4 Å². The van der Waals surface area contributed by atoms with Crippen molar-refractivity contribution in [2.75, 3.05) is 6.61 Å². The lowest BCUT2D eigenvalue weighted by atomic mass is 10.1. The molecule has 0 unspecified atom stereocenters. The average Bonchev–Trinajstić information content (AvgIpc) is 2.59. The van der Waals surface area contributed by atoms with Crippen LogP contribution in [0.4, 0.5) is 0 Å². The van der Waals surface area contributed by atoms with Gasteiger partial charge in [-0.2, -0.15) is 0 Å². The molecule has 28 heavy (non-hydrogen) atoms. The molecule has 0 aromatic heterocycles. The predicted octanol–water partition coefficient (Wildman–Crippen LogP) is 3.14. The third kappa shape index (κ3) is 11.4. The van der Waals surface area contributed by atoms with E-state index in [9.17, 15) is 14.4 Å². The van der Waals surface area contributed by atoms with E-state index in [0.717, 1.165) is 18.4 Å². The van der Waals surface area contributed by atoms with Crippen molar-refractivity contribution in [2.45, 2.75) is 77.8 Å². The molecule has 2 N–H and O–H groups in total. The van der Waals surface area contributed by atoms with Crippen LogP contribution in [-0.2, 0) is 25.5 Å². The van der Waals surface area contributed by atoms with Crippen LogP contribution in [0.3, 0.4) is 0 Å². The Labute approximate surface area is 168 Å². The minimum atomic E-state index is -0.584. The molecular weight excluding hydrogens is 356 g/mol. The van der Waals surface area contributed by atoms with E-state index in [1.807, 2.05) is 58.0 Å². The van der Waals surface area contributed by atoms with Crippen molar-refractivity contribution >= 4 is 17.8 Å². The van der Waals surface area contributed by atoms with Crippen molar-refractivity contribution in [1.29, 1.82) is 0 Å². The van der Waals surface area contributed by atoms with Gasteiger partial charge >= 0.3 is 5.97 Å². The van der Waals surface area contributed by atoms with E-state index < -0.39 is 12.0 Å². The summed E-state index contributed by atoms with van der Waals surface area (Å²) >= 11 is 0. The molecule has 6 heteroatoms. The number of carbonyl (C=O) groups is 3. The number of ether oxygens (including phenoxy) is 1. The van der Waals surface area contributed by atoms with Gasteiger partial charge in [-0.1, -0.05) is 43.7 Å². The Hall–Kier alpha value is -2.37. The molecule has 0 aliphatic rings. The highest BCUT2D eigenvalue weighted by atomic mass is 16.5. The molecule has 1 aromatic rings. The van der Waals surface area contributed by atoms with E-state index >= 15 is 0 Å². The monoisotopic (exact) mass is 390 g/mol. The summed E-state index contributed by atoms with van der Waals surface area (Å²) in [6.45, 7) is 8.03. The number of esters is 1. The number of hydrogen-bond acceptors (Lipinski definition) is 4. The first-order valence-corrected chi connectivity index (χ1v) is 9.99. The fourth-order valence-corrected chi connectivity index (χ4v) is 2.66. The van der Waals surface area contributed by atoms with Crippen molar-refractivity contribution in [2.24, 2.45) is 0 Å². The first-order valence-electron chi connectivity index (χ1n) is 9.99. The first-order chi connectivity index (χ1) is 13.2. The maximum atomic E-state index is 12.3. The Balaban J connectivity index is 2.60. The summed E-state index contributed by atoms with van der Waals surface area (Å²) in [5.74, 6) is -0.786. The van der Waals surface area contributed by atoms with Crippen molar-refractivity contribution in [3.05, 3.63) is 35.9 Å². The zero-order chi connectivity index (χ0) is 21.0. The topological polar surface area (TPSA) is 84.5 Å². The van der Waals surface area contributed by atoms with E-state index in [4.69, 9.17) is 4.74 Å². The van der Waals surface area contributed by atoms with Gasteiger partial charge in [0.1, 0.15) is 0 Å². The summed E-state index contributed by atoms with van der Waals surface area (Å²) < 4.78 is 5.18. The summed E-state index contributed by atoms with van der Waals surface area (Å²) in [4.78, 5) is 36.6. The van der Waals surface area contributed by atoms with Crippen LogP contribution in [0, 0.1) is 0 Å². The molecule has 6 nitrogen and oxygen atoms in total. The SMILES string of the molecule is CCCCOC(=O)C[C@@H](CC(=O)NC(C)(C)C)NC(=O)CCc1ccccc1. The highest BCUT2D eigenvalue weighted by Crippen LogP contribution is 2.07. The van der Waals surface area contributed by atoms with Crippen LogP contribution < -0.4 is 10.6 Å². The number of rotatable bonds is 11. The zero-order valence-electron chi connectivity index (χ0n) is 17.5. The molecule has 1 atom stereocenters. The number of aryl methyl sites for hydroxylation is 1. The number of amides is 2. The lowest BCUT2D eigenvalue weighted by Gasteiger charge is -2.23. The average molecular weight is 391 g/mol. The fourth-order valence-electron chi connectivity index (χ4n) is 2.66.